The Hall–Kier alpha value is -2.31. The van der Waals surface area contributed by atoms with Crippen LogP contribution in [0.2, 0.25) is 0 Å². The van der Waals surface area contributed by atoms with Crippen molar-refractivity contribution >= 4 is 39.0 Å². The molecule has 0 radical (unpaired) electrons. The van der Waals surface area contributed by atoms with Gasteiger partial charge in [0.2, 0.25) is 0 Å². The smallest absolute Gasteiger partial charge is 0.342 e. The predicted octanol–water partition coefficient (Wildman–Crippen LogP) is 2.03. The zero-order chi connectivity index (χ0) is 20.8. The molecule has 4 aromatic carbocycles. The van der Waals surface area contributed by atoms with Gasteiger partial charge in [-0.3, -0.25) is 0 Å². The molecule has 5 heteroatoms. The van der Waals surface area contributed by atoms with Crippen molar-refractivity contribution in [3.63, 3.8) is 0 Å². The van der Waals surface area contributed by atoms with Gasteiger partial charge in [-0.05, 0) is 42.0 Å². The topological polar surface area (TPSA) is 26.3 Å². The average molecular weight is 525 g/mol. The van der Waals surface area contributed by atoms with E-state index in [0.717, 1.165) is 10.9 Å². The third kappa shape index (κ3) is 5.54. The number of ether oxygens (including phenoxy) is 1. The summed E-state index contributed by atoms with van der Waals surface area (Å²) in [5, 5.41) is 3.51. The third-order valence-electron chi connectivity index (χ3n) is 5.36. The number of hydrogen-bond donors (Lipinski definition) is 0. The largest absolute Gasteiger partial charge is 1.00 e. The first-order valence-electron chi connectivity index (χ1n) is 9.98. The summed E-state index contributed by atoms with van der Waals surface area (Å²) in [6.45, 7) is 2.54. The highest BCUT2D eigenvalue weighted by Gasteiger charge is 2.43. The van der Waals surface area contributed by atoms with Crippen molar-refractivity contribution in [3.8, 4) is 0 Å². The minimum absolute atomic E-state index is 0. The molecule has 0 bridgehead atoms. The van der Waals surface area contributed by atoms with Gasteiger partial charge >= 0.3 is 5.97 Å². The molecule has 1 atom stereocenters. The van der Waals surface area contributed by atoms with Gasteiger partial charge < -0.3 is 21.7 Å². The molecule has 164 valence electrons. The molecule has 0 aromatic heterocycles. The van der Waals surface area contributed by atoms with E-state index in [0.29, 0.717) is 5.56 Å². The molecular weight excluding hydrogens is 498 g/mol. The lowest BCUT2D eigenvalue weighted by molar-refractivity contribution is -0.0000242. The van der Waals surface area contributed by atoms with Crippen LogP contribution in [0.15, 0.2) is 115 Å². The highest BCUT2D eigenvalue weighted by atomic mass is 79.9. The first kappa shape index (κ1) is 25.9. The van der Waals surface area contributed by atoms with E-state index in [4.69, 9.17) is 4.74 Å². The molecule has 0 N–H and O–H groups in total. The van der Waals surface area contributed by atoms with Crippen molar-refractivity contribution in [1.29, 1.82) is 0 Å². The molecule has 4 aromatic rings. The van der Waals surface area contributed by atoms with Crippen molar-refractivity contribution < 1.29 is 26.5 Å². The summed E-state index contributed by atoms with van der Waals surface area (Å²) in [6.07, 6.45) is 0. The number of carbonyl (C=O) groups is 1. The molecule has 0 heterocycles. The summed E-state index contributed by atoms with van der Waals surface area (Å²) in [7, 11) is -2.01. The molecule has 0 aliphatic rings. The molecule has 0 spiro atoms. The van der Waals surface area contributed by atoms with Crippen molar-refractivity contribution in [2.24, 2.45) is 0 Å². The van der Waals surface area contributed by atoms with Gasteiger partial charge in [0.05, 0.1) is 6.66 Å². The Bertz CT molecular complexity index is 1080. The zero-order valence-electron chi connectivity index (χ0n) is 18.0. The van der Waals surface area contributed by atoms with E-state index in [-0.39, 0.29) is 39.5 Å². The van der Waals surface area contributed by atoms with E-state index in [1.807, 2.05) is 60.7 Å². The maximum absolute atomic E-state index is 13.1. The monoisotopic (exact) mass is 524 g/mol. The zero-order valence-corrected chi connectivity index (χ0v) is 21.9. The van der Waals surface area contributed by atoms with Crippen LogP contribution in [0.25, 0.3) is 0 Å². The van der Waals surface area contributed by atoms with Gasteiger partial charge in [-0.25, -0.2) is 4.79 Å². The summed E-state index contributed by atoms with van der Waals surface area (Å²) in [4.78, 5) is 13.1. The fourth-order valence-corrected chi connectivity index (χ4v) is 7.14. The first-order valence-corrected chi connectivity index (χ1v) is 12.2. The van der Waals surface area contributed by atoms with E-state index in [9.17, 15) is 4.79 Å². The summed E-state index contributed by atoms with van der Waals surface area (Å²) >= 11 is 0. The first-order chi connectivity index (χ1) is 14.7. The predicted molar refractivity (Wildman–Crippen MR) is 138 cm³/mol. The highest BCUT2D eigenvalue weighted by molar-refractivity contribution is 7.95. The van der Waals surface area contributed by atoms with Crippen molar-refractivity contribution in [3.05, 3.63) is 126 Å². The molecule has 0 aliphatic carbocycles. The second kappa shape index (κ2) is 12.1. The summed E-state index contributed by atoms with van der Waals surface area (Å²) in [5.74, 6) is -0.285. The van der Waals surface area contributed by atoms with E-state index >= 15 is 0 Å². The molecule has 0 saturated heterocycles. The van der Waals surface area contributed by atoms with Crippen molar-refractivity contribution in [1.82, 2.24) is 0 Å². The fraction of sp³-hybridized carbons (Fsp3) is 0.0741. The van der Waals surface area contributed by atoms with Gasteiger partial charge in [0, 0.05) is 0 Å². The number of carbonyl (C=O) groups excluding carboxylic acids is 1. The number of hydrogen-bond acceptors (Lipinski definition) is 2. The Kier molecular flexibility index (Phi) is 9.79. The van der Waals surface area contributed by atoms with Crippen LogP contribution in [0.3, 0.4) is 0 Å². The Morgan fingerprint density at radius 1 is 0.688 bits per heavy atom. The van der Waals surface area contributed by atoms with Crippen LogP contribution in [-0.4, -0.2) is 12.6 Å². The van der Waals surface area contributed by atoms with Gasteiger partial charge in [-0.2, -0.15) is 9.90 Å². The third-order valence-corrected chi connectivity index (χ3v) is 9.38. The summed E-state index contributed by atoms with van der Waals surface area (Å²) in [5.41, 5.74) is 1.61. The molecule has 0 aliphatic heterocycles. The van der Waals surface area contributed by atoms with E-state index in [2.05, 4.69) is 61.3 Å². The van der Waals surface area contributed by atoms with Gasteiger partial charge in [0.1, 0.15) is 35.3 Å². The Labute approximate surface area is 204 Å². The van der Waals surface area contributed by atoms with Crippen LogP contribution in [-0.2, 0) is 11.3 Å². The van der Waals surface area contributed by atoms with Crippen LogP contribution in [0, 0.1) is 0 Å². The fourth-order valence-electron chi connectivity index (χ4n) is 3.72. The SMILES string of the molecule is C[P+](c1ccccc1)(c1ccccc1)c1ccccc1C(=O)OCc1ccccc1.P.[Br-]. The standard InChI is InChI=1S/C27H24O2P.BrH.H3P/c1-30(23-15-7-3-8-16-23,24-17-9-4-10-18-24)26-20-12-11-19-25(26)27(28)29-21-22-13-5-2-6-14-22;;/h2-20H,21H2,1H3;1H;1H3/q+1;;/p-1. The molecule has 0 amide bonds. The minimum Gasteiger partial charge on any atom is -1.00 e. The molecule has 4 rings (SSSR count). The normalized spacial score (nSPS) is 10.4. The molecule has 32 heavy (non-hydrogen) atoms. The Morgan fingerprint density at radius 2 is 1.12 bits per heavy atom. The molecule has 2 nitrogen and oxygen atoms in total. The van der Waals surface area contributed by atoms with E-state index in [1.54, 1.807) is 0 Å². The lowest BCUT2D eigenvalue weighted by atomic mass is 10.2. The highest BCUT2D eigenvalue weighted by Crippen LogP contribution is 2.52. The van der Waals surface area contributed by atoms with E-state index < -0.39 is 7.26 Å². The lowest BCUT2D eigenvalue weighted by Gasteiger charge is -2.24. The van der Waals surface area contributed by atoms with Crippen LogP contribution in [0.1, 0.15) is 15.9 Å². The van der Waals surface area contributed by atoms with Crippen LogP contribution in [0.4, 0.5) is 0 Å². The van der Waals surface area contributed by atoms with Gasteiger partial charge in [0.15, 0.2) is 0 Å². The summed E-state index contributed by atoms with van der Waals surface area (Å²) < 4.78 is 5.70. The average Bonchev–Trinajstić information content (AvgIpc) is 2.84. The quantitative estimate of drug-likeness (QED) is 0.285. The second-order valence-electron chi connectivity index (χ2n) is 7.26. The number of halogens is 1. The van der Waals surface area contributed by atoms with Gasteiger partial charge in [-0.15, -0.1) is 0 Å². The van der Waals surface area contributed by atoms with Gasteiger partial charge in [-0.1, -0.05) is 78.9 Å². The van der Waals surface area contributed by atoms with Crippen LogP contribution in [0.5, 0.6) is 0 Å². The molecule has 0 saturated carbocycles. The molecule has 0 fully saturated rings. The maximum atomic E-state index is 13.1. The summed E-state index contributed by atoms with van der Waals surface area (Å²) in [6, 6.07) is 38.6. The molecule has 1 unspecified atom stereocenters. The minimum atomic E-state index is -2.01. The molecular formula is C27H27BrO2P2. The maximum Gasteiger partial charge on any atom is 0.342 e. The van der Waals surface area contributed by atoms with Crippen LogP contribution < -0.4 is 32.9 Å². The van der Waals surface area contributed by atoms with E-state index in [1.165, 1.54) is 10.6 Å². The lowest BCUT2D eigenvalue weighted by Crippen LogP contribution is -3.00. The van der Waals surface area contributed by atoms with Crippen molar-refractivity contribution in [2.45, 2.75) is 6.61 Å². The number of esters is 1. The van der Waals surface area contributed by atoms with Crippen molar-refractivity contribution in [2.75, 3.05) is 6.66 Å². The Morgan fingerprint density at radius 3 is 1.66 bits per heavy atom. The Balaban J connectivity index is 0.00000181. The number of benzene rings is 4. The van der Waals surface area contributed by atoms with Gasteiger partial charge in [0.25, 0.3) is 0 Å². The number of rotatable bonds is 6. The second-order valence-corrected chi connectivity index (χ2v) is 10.8. The van der Waals surface area contributed by atoms with Crippen LogP contribution >= 0.6 is 17.2 Å².